The summed E-state index contributed by atoms with van der Waals surface area (Å²) in [4.78, 5) is 30.2. The van der Waals surface area contributed by atoms with Gasteiger partial charge in [-0.05, 0) is 49.3 Å². The SMILES string of the molecule is Cl.Cl.NCC(=O)N1CCC(Cc2cccc(C(=O)NCCCc3csc(N)n3)c2)C1. The number of halogens is 2. The summed E-state index contributed by atoms with van der Waals surface area (Å²) in [6.45, 7) is 2.18. The molecule has 2 heterocycles. The third kappa shape index (κ3) is 7.43. The molecule has 0 bridgehead atoms. The zero-order valence-corrected chi connectivity index (χ0v) is 19.2. The van der Waals surface area contributed by atoms with Gasteiger partial charge in [-0.1, -0.05) is 12.1 Å². The Labute approximate surface area is 193 Å². The van der Waals surface area contributed by atoms with E-state index in [1.54, 1.807) is 0 Å². The molecule has 0 aliphatic carbocycles. The average molecular weight is 474 g/mol. The van der Waals surface area contributed by atoms with Gasteiger partial charge in [0, 0.05) is 30.6 Å². The maximum Gasteiger partial charge on any atom is 0.251 e. The van der Waals surface area contributed by atoms with E-state index in [4.69, 9.17) is 11.5 Å². The lowest BCUT2D eigenvalue weighted by Crippen LogP contribution is -2.34. The Balaban J connectivity index is 0.00000225. The van der Waals surface area contributed by atoms with Crippen molar-refractivity contribution in [3.8, 4) is 0 Å². The van der Waals surface area contributed by atoms with Crippen LogP contribution in [0, 0.1) is 5.92 Å². The minimum Gasteiger partial charge on any atom is -0.375 e. The number of aromatic nitrogens is 1. The lowest BCUT2D eigenvalue weighted by molar-refractivity contribution is -0.128. The number of carbonyl (C=O) groups excluding carboxylic acids is 2. The van der Waals surface area contributed by atoms with Crippen LogP contribution in [0.3, 0.4) is 0 Å². The molecule has 1 aromatic carbocycles. The van der Waals surface area contributed by atoms with E-state index < -0.39 is 0 Å². The number of nitrogens with zero attached hydrogens (tertiary/aromatic N) is 2. The van der Waals surface area contributed by atoms with Gasteiger partial charge in [-0.3, -0.25) is 9.59 Å². The molecule has 1 aliphatic rings. The standard InChI is InChI=1S/C20H27N5O2S.2ClH/c21-11-18(26)25-8-6-15(12-25)9-14-3-1-4-16(10-14)19(27)23-7-2-5-17-13-28-20(22)24-17;;/h1,3-4,10,13,15H,2,5-9,11-12,21H2,(H2,22,24)(H,23,27);2*1H. The highest BCUT2D eigenvalue weighted by molar-refractivity contribution is 7.13. The van der Waals surface area contributed by atoms with E-state index in [0.29, 0.717) is 23.2 Å². The predicted octanol–water partition coefficient (Wildman–Crippen LogP) is 2.28. The Kier molecular flexibility index (Phi) is 11.1. The molecule has 5 N–H and O–H groups in total. The fraction of sp³-hybridized carbons (Fsp3) is 0.450. The number of thiazole rings is 1. The number of aryl methyl sites for hydroxylation is 1. The van der Waals surface area contributed by atoms with Crippen molar-refractivity contribution in [3.63, 3.8) is 0 Å². The van der Waals surface area contributed by atoms with E-state index in [1.807, 2.05) is 34.5 Å². The zero-order chi connectivity index (χ0) is 19.9. The Morgan fingerprint density at radius 1 is 1.30 bits per heavy atom. The van der Waals surface area contributed by atoms with Crippen molar-refractivity contribution < 1.29 is 9.59 Å². The number of rotatable bonds is 8. The van der Waals surface area contributed by atoms with Gasteiger partial charge in [0.15, 0.2) is 5.13 Å². The van der Waals surface area contributed by atoms with Crippen molar-refractivity contribution in [2.45, 2.75) is 25.7 Å². The van der Waals surface area contributed by atoms with Gasteiger partial charge in [0.25, 0.3) is 5.91 Å². The molecule has 3 rings (SSSR count). The van der Waals surface area contributed by atoms with Crippen LogP contribution in [-0.4, -0.2) is 47.9 Å². The molecular formula is C20H29Cl2N5O2S. The number of nitrogen functional groups attached to an aromatic ring is 1. The Hall–Kier alpha value is -1.87. The zero-order valence-electron chi connectivity index (χ0n) is 16.7. The minimum absolute atomic E-state index is 0. The van der Waals surface area contributed by atoms with Gasteiger partial charge in [0.05, 0.1) is 12.2 Å². The van der Waals surface area contributed by atoms with Gasteiger partial charge < -0.3 is 21.7 Å². The van der Waals surface area contributed by atoms with Crippen LogP contribution in [0.4, 0.5) is 5.13 Å². The van der Waals surface area contributed by atoms with Gasteiger partial charge in [-0.2, -0.15) is 0 Å². The second-order valence-corrected chi connectivity index (χ2v) is 8.03. The quantitative estimate of drug-likeness (QED) is 0.508. The first-order chi connectivity index (χ1) is 13.5. The second-order valence-electron chi connectivity index (χ2n) is 7.14. The minimum atomic E-state index is -0.0639. The molecule has 7 nitrogen and oxygen atoms in total. The molecule has 0 radical (unpaired) electrons. The van der Waals surface area contributed by atoms with E-state index in [-0.39, 0.29) is 43.2 Å². The summed E-state index contributed by atoms with van der Waals surface area (Å²) in [5, 5.41) is 5.49. The summed E-state index contributed by atoms with van der Waals surface area (Å²) in [5.74, 6) is 0.362. The number of carbonyl (C=O) groups is 2. The highest BCUT2D eigenvalue weighted by atomic mass is 35.5. The summed E-state index contributed by atoms with van der Waals surface area (Å²) >= 11 is 1.43. The Morgan fingerprint density at radius 2 is 2.10 bits per heavy atom. The molecule has 166 valence electrons. The molecule has 1 aromatic heterocycles. The molecule has 1 aliphatic heterocycles. The predicted molar refractivity (Wildman–Crippen MR) is 126 cm³/mol. The second kappa shape index (κ2) is 12.7. The largest absolute Gasteiger partial charge is 0.375 e. The van der Waals surface area contributed by atoms with Crippen molar-refractivity contribution in [2.75, 3.05) is 31.9 Å². The normalized spacial score (nSPS) is 15.2. The molecule has 10 heteroatoms. The van der Waals surface area contributed by atoms with Gasteiger partial charge in [-0.15, -0.1) is 36.2 Å². The van der Waals surface area contributed by atoms with E-state index in [2.05, 4.69) is 10.3 Å². The molecule has 2 amide bonds. The molecule has 1 atom stereocenters. The number of likely N-dealkylation sites (tertiary alicyclic amines) is 1. The fourth-order valence-corrected chi connectivity index (χ4v) is 4.14. The number of hydrogen-bond acceptors (Lipinski definition) is 6. The highest BCUT2D eigenvalue weighted by Crippen LogP contribution is 2.21. The van der Waals surface area contributed by atoms with Crippen LogP contribution in [0.2, 0.25) is 0 Å². The van der Waals surface area contributed by atoms with Crippen LogP contribution in [-0.2, 0) is 17.6 Å². The summed E-state index contributed by atoms with van der Waals surface area (Å²) in [6, 6.07) is 7.74. The number of hydrogen-bond donors (Lipinski definition) is 3. The molecule has 30 heavy (non-hydrogen) atoms. The van der Waals surface area contributed by atoms with E-state index in [9.17, 15) is 9.59 Å². The lowest BCUT2D eigenvalue weighted by atomic mass is 9.97. The van der Waals surface area contributed by atoms with Crippen LogP contribution in [0.25, 0.3) is 0 Å². The van der Waals surface area contributed by atoms with Gasteiger partial charge in [-0.25, -0.2) is 4.98 Å². The fourth-order valence-electron chi connectivity index (χ4n) is 3.54. The third-order valence-electron chi connectivity index (χ3n) is 4.99. The monoisotopic (exact) mass is 473 g/mol. The number of nitrogens with two attached hydrogens (primary N) is 2. The summed E-state index contributed by atoms with van der Waals surface area (Å²) in [6.07, 6.45) is 3.46. The van der Waals surface area contributed by atoms with Crippen molar-refractivity contribution in [1.29, 1.82) is 0 Å². The topological polar surface area (TPSA) is 114 Å². The van der Waals surface area contributed by atoms with Crippen LogP contribution in [0.1, 0.15) is 34.5 Å². The van der Waals surface area contributed by atoms with Crippen LogP contribution in [0.15, 0.2) is 29.6 Å². The van der Waals surface area contributed by atoms with Gasteiger partial charge >= 0.3 is 0 Å². The van der Waals surface area contributed by atoms with Gasteiger partial charge in [0.1, 0.15) is 0 Å². The summed E-state index contributed by atoms with van der Waals surface area (Å²) < 4.78 is 0. The van der Waals surface area contributed by atoms with Crippen molar-refractivity contribution in [3.05, 3.63) is 46.5 Å². The number of amides is 2. The summed E-state index contributed by atoms with van der Waals surface area (Å²) in [5.41, 5.74) is 13.8. The van der Waals surface area contributed by atoms with Crippen LogP contribution in [0.5, 0.6) is 0 Å². The molecule has 1 saturated heterocycles. The van der Waals surface area contributed by atoms with E-state index in [1.165, 1.54) is 11.3 Å². The molecule has 0 spiro atoms. The number of nitrogens with one attached hydrogen (secondary N) is 1. The first-order valence-electron chi connectivity index (χ1n) is 9.60. The first-order valence-corrected chi connectivity index (χ1v) is 10.5. The van der Waals surface area contributed by atoms with Crippen LogP contribution >= 0.6 is 36.2 Å². The van der Waals surface area contributed by atoms with Crippen molar-refractivity contribution in [1.82, 2.24) is 15.2 Å². The van der Waals surface area contributed by atoms with Crippen molar-refractivity contribution in [2.24, 2.45) is 11.7 Å². The Morgan fingerprint density at radius 3 is 2.80 bits per heavy atom. The maximum atomic E-state index is 12.4. The third-order valence-corrected chi connectivity index (χ3v) is 5.71. The van der Waals surface area contributed by atoms with Crippen molar-refractivity contribution >= 4 is 53.1 Å². The lowest BCUT2D eigenvalue weighted by Gasteiger charge is -2.15. The maximum absolute atomic E-state index is 12.4. The molecule has 0 saturated carbocycles. The number of benzene rings is 1. The highest BCUT2D eigenvalue weighted by Gasteiger charge is 2.25. The van der Waals surface area contributed by atoms with E-state index >= 15 is 0 Å². The van der Waals surface area contributed by atoms with Crippen LogP contribution < -0.4 is 16.8 Å². The summed E-state index contributed by atoms with van der Waals surface area (Å²) in [7, 11) is 0. The average Bonchev–Trinajstić information content (AvgIpc) is 3.33. The Bertz CT molecular complexity index is 833. The molecule has 2 aromatic rings. The first kappa shape index (κ1) is 26.2. The van der Waals surface area contributed by atoms with Gasteiger partial charge in [0.2, 0.25) is 5.91 Å². The van der Waals surface area contributed by atoms with E-state index in [0.717, 1.165) is 50.0 Å². The molecular weight excluding hydrogens is 445 g/mol. The molecule has 1 fully saturated rings. The number of anilines is 1. The smallest absolute Gasteiger partial charge is 0.251 e. The molecule has 1 unspecified atom stereocenters.